The predicted molar refractivity (Wildman–Crippen MR) is 62.2 cm³/mol. The standard InChI is InChI=1S/C11H7N5O3/c12-5-11-13-7-15(14-11)6-10(17)8-1-3-9(4-2-8)16(18)19/h1-4,7H,6H2. The zero-order valence-corrected chi connectivity index (χ0v) is 9.55. The lowest BCUT2D eigenvalue weighted by Crippen LogP contribution is -2.11. The summed E-state index contributed by atoms with van der Waals surface area (Å²) in [6.07, 6.45) is 1.28. The molecule has 8 nitrogen and oxygen atoms in total. The van der Waals surface area contributed by atoms with Crippen LogP contribution in [0.4, 0.5) is 5.69 Å². The van der Waals surface area contributed by atoms with E-state index in [2.05, 4.69) is 10.1 Å². The smallest absolute Gasteiger partial charge is 0.269 e. The number of hydrogen-bond donors (Lipinski definition) is 0. The summed E-state index contributed by atoms with van der Waals surface area (Å²) in [5.41, 5.74) is 0.253. The number of nitriles is 1. The largest absolute Gasteiger partial charge is 0.292 e. The van der Waals surface area contributed by atoms with Gasteiger partial charge in [0.1, 0.15) is 18.9 Å². The molecule has 0 amide bonds. The minimum atomic E-state index is -0.537. The molecular weight excluding hydrogens is 250 g/mol. The molecule has 0 aliphatic carbocycles. The third-order valence-electron chi connectivity index (χ3n) is 2.34. The number of benzene rings is 1. The van der Waals surface area contributed by atoms with E-state index < -0.39 is 4.92 Å². The second-order valence-corrected chi connectivity index (χ2v) is 3.60. The number of hydrogen-bond acceptors (Lipinski definition) is 6. The van der Waals surface area contributed by atoms with Crippen LogP contribution in [-0.4, -0.2) is 25.5 Å². The van der Waals surface area contributed by atoms with E-state index in [0.717, 1.165) is 0 Å². The van der Waals surface area contributed by atoms with Crippen LogP contribution in [0.25, 0.3) is 0 Å². The number of non-ortho nitro benzene ring substituents is 1. The van der Waals surface area contributed by atoms with Crippen LogP contribution in [0, 0.1) is 21.4 Å². The summed E-state index contributed by atoms with van der Waals surface area (Å²) >= 11 is 0. The Hall–Kier alpha value is -3.08. The van der Waals surface area contributed by atoms with Gasteiger partial charge in [-0.3, -0.25) is 14.9 Å². The van der Waals surface area contributed by atoms with Crippen molar-refractivity contribution in [3.8, 4) is 6.07 Å². The Morgan fingerprint density at radius 2 is 2.11 bits per heavy atom. The minimum absolute atomic E-state index is 0.0171. The number of nitrogens with zero attached hydrogens (tertiary/aromatic N) is 5. The van der Waals surface area contributed by atoms with Gasteiger partial charge in [0.05, 0.1) is 4.92 Å². The number of ketones is 1. The maximum absolute atomic E-state index is 11.9. The summed E-state index contributed by atoms with van der Waals surface area (Å²) in [5.74, 6) is -0.291. The molecule has 19 heavy (non-hydrogen) atoms. The van der Waals surface area contributed by atoms with Crippen molar-refractivity contribution in [1.29, 1.82) is 5.26 Å². The highest BCUT2D eigenvalue weighted by Crippen LogP contribution is 2.12. The average molecular weight is 257 g/mol. The molecule has 1 heterocycles. The van der Waals surface area contributed by atoms with Crippen molar-refractivity contribution in [3.63, 3.8) is 0 Å². The number of carbonyl (C=O) groups excluding carboxylic acids is 1. The summed E-state index contributed by atoms with van der Waals surface area (Å²) < 4.78 is 1.24. The molecule has 8 heteroatoms. The van der Waals surface area contributed by atoms with E-state index in [-0.39, 0.29) is 23.8 Å². The first kappa shape index (κ1) is 12.4. The maximum atomic E-state index is 11.9. The van der Waals surface area contributed by atoms with E-state index in [0.29, 0.717) is 5.56 Å². The van der Waals surface area contributed by atoms with Gasteiger partial charge < -0.3 is 0 Å². The fraction of sp³-hybridized carbons (Fsp3) is 0.0909. The van der Waals surface area contributed by atoms with Crippen LogP contribution in [0.3, 0.4) is 0 Å². The Bertz CT molecular complexity index is 668. The number of carbonyl (C=O) groups is 1. The number of aromatic nitrogens is 3. The summed E-state index contributed by atoms with van der Waals surface area (Å²) in [5, 5.41) is 22.8. The summed E-state index contributed by atoms with van der Waals surface area (Å²) in [7, 11) is 0. The number of Topliss-reactive ketones (excluding diaryl/α,β-unsaturated/α-hetero) is 1. The molecule has 0 aliphatic rings. The summed E-state index contributed by atoms with van der Waals surface area (Å²) in [4.78, 5) is 25.5. The van der Waals surface area contributed by atoms with Crippen molar-refractivity contribution in [2.45, 2.75) is 6.54 Å². The van der Waals surface area contributed by atoms with Gasteiger partial charge >= 0.3 is 0 Å². The number of nitro groups is 1. The van der Waals surface area contributed by atoms with Gasteiger partial charge in [0, 0.05) is 17.7 Å². The Balaban J connectivity index is 2.11. The lowest BCUT2D eigenvalue weighted by molar-refractivity contribution is -0.384. The number of rotatable bonds is 4. The zero-order valence-electron chi connectivity index (χ0n) is 9.55. The van der Waals surface area contributed by atoms with Gasteiger partial charge in [-0.15, -0.1) is 5.10 Å². The van der Waals surface area contributed by atoms with E-state index >= 15 is 0 Å². The van der Waals surface area contributed by atoms with Gasteiger partial charge in [-0.2, -0.15) is 5.26 Å². The van der Waals surface area contributed by atoms with Gasteiger partial charge in [0.25, 0.3) is 11.5 Å². The van der Waals surface area contributed by atoms with E-state index in [9.17, 15) is 14.9 Å². The Morgan fingerprint density at radius 3 is 2.63 bits per heavy atom. The molecule has 0 spiro atoms. The molecule has 1 aromatic carbocycles. The molecule has 0 saturated heterocycles. The highest BCUT2D eigenvalue weighted by Gasteiger charge is 2.11. The van der Waals surface area contributed by atoms with Gasteiger partial charge in [-0.1, -0.05) is 0 Å². The predicted octanol–water partition coefficient (Wildman–Crippen LogP) is 0.941. The van der Waals surface area contributed by atoms with Crippen LogP contribution in [0.1, 0.15) is 16.2 Å². The monoisotopic (exact) mass is 257 g/mol. The lowest BCUT2D eigenvalue weighted by atomic mass is 10.1. The second-order valence-electron chi connectivity index (χ2n) is 3.60. The van der Waals surface area contributed by atoms with E-state index in [4.69, 9.17) is 5.26 Å². The van der Waals surface area contributed by atoms with Crippen molar-refractivity contribution in [3.05, 3.63) is 52.1 Å². The van der Waals surface area contributed by atoms with Crippen LogP contribution in [0.5, 0.6) is 0 Å². The Morgan fingerprint density at radius 1 is 1.42 bits per heavy atom. The fourth-order valence-electron chi connectivity index (χ4n) is 1.43. The van der Waals surface area contributed by atoms with Crippen LogP contribution >= 0.6 is 0 Å². The van der Waals surface area contributed by atoms with Gasteiger partial charge in [0.15, 0.2) is 5.78 Å². The molecule has 0 atom stereocenters. The third kappa shape index (κ3) is 2.78. The Labute approximate surface area is 107 Å². The molecule has 0 unspecified atom stereocenters. The first-order chi connectivity index (χ1) is 9.10. The SMILES string of the molecule is N#Cc1ncn(CC(=O)c2ccc([N+](=O)[O-])cc2)n1. The highest BCUT2D eigenvalue weighted by molar-refractivity contribution is 5.96. The molecule has 2 aromatic rings. The normalized spacial score (nSPS) is 9.84. The highest BCUT2D eigenvalue weighted by atomic mass is 16.6. The third-order valence-corrected chi connectivity index (χ3v) is 2.34. The molecule has 2 rings (SSSR count). The number of nitro benzene ring substituents is 1. The van der Waals surface area contributed by atoms with Crippen molar-refractivity contribution in [1.82, 2.24) is 14.8 Å². The molecular formula is C11H7N5O3. The fourth-order valence-corrected chi connectivity index (χ4v) is 1.43. The lowest BCUT2D eigenvalue weighted by Gasteiger charge is -2.00. The first-order valence-electron chi connectivity index (χ1n) is 5.17. The van der Waals surface area contributed by atoms with Crippen LogP contribution in [0.2, 0.25) is 0 Å². The van der Waals surface area contributed by atoms with Crippen molar-refractivity contribution >= 4 is 11.5 Å². The molecule has 0 N–H and O–H groups in total. The van der Waals surface area contributed by atoms with Crippen LogP contribution in [0.15, 0.2) is 30.6 Å². The molecule has 0 radical (unpaired) electrons. The summed E-state index contributed by atoms with van der Waals surface area (Å²) in [6, 6.07) is 7.02. The topological polar surface area (TPSA) is 115 Å². The second kappa shape index (κ2) is 5.05. The molecule has 0 saturated carbocycles. The van der Waals surface area contributed by atoms with E-state index in [1.54, 1.807) is 6.07 Å². The zero-order chi connectivity index (χ0) is 13.8. The van der Waals surface area contributed by atoms with E-state index in [1.165, 1.54) is 35.3 Å². The molecule has 0 aliphatic heterocycles. The van der Waals surface area contributed by atoms with Gasteiger partial charge in [0.2, 0.25) is 0 Å². The molecule has 0 fully saturated rings. The molecule has 0 bridgehead atoms. The first-order valence-corrected chi connectivity index (χ1v) is 5.17. The average Bonchev–Trinajstić information content (AvgIpc) is 2.86. The van der Waals surface area contributed by atoms with Crippen molar-refractivity contribution < 1.29 is 9.72 Å². The van der Waals surface area contributed by atoms with Gasteiger partial charge in [-0.05, 0) is 12.1 Å². The summed E-state index contributed by atoms with van der Waals surface area (Å²) in [6.45, 7) is -0.0769. The van der Waals surface area contributed by atoms with E-state index in [1.807, 2.05) is 0 Å². The molecule has 94 valence electrons. The molecule has 1 aromatic heterocycles. The van der Waals surface area contributed by atoms with Crippen LogP contribution < -0.4 is 0 Å². The van der Waals surface area contributed by atoms with Crippen molar-refractivity contribution in [2.75, 3.05) is 0 Å². The minimum Gasteiger partial charge on any atom is -0.292 e. The Kier molecular flexibility index (Phi) is 3.29. The van der Waals surface area contributed by atoms with Crippen LogP contribution in [-0.2, 0) is 6.54 Å². The quantitative estimate of drug-likeness (QED) is 0.457. The maximum Gasteiger partial charge on any atom is 0.269 e. The van der Waals surface area contributed by atoms with Crippen molar-refractivity contribution in [2.24, 2.45) is 0 Å². The van der Waals surface area contributed by atoms with Gasteiger partial charge in [-0.25, -0.2) is 9.67 Å².